The molecule has 0 amide bonds. The third kappa shape index (κ3) is 3.15. The van der Waals surface area contributed by atoms with E-state index in [1.165, 1.54) is 19.2 Å². The molecule has 0 saturated carbocycles. The van der Waals surface area contributed by atoms with Crippen LogP contribution >= 0.6 is 46.1 Å². The fraction of sp³-hybridized carbons (Fsp3) is 0.0909. The largest absolute Gasteiger partial charge is 0.465 e. The summed E-state index contributed by atoms with van der Waals surface area (Å²) in [4.78, 5) is 15.5. The van der Waals surface area contributed by atoms with Gasteiger partial charge in [-0.25, -0.2) is 14.2 Å². The first-order valence-corrected chi connectivity index (χ1v) is 7.03. The van der Waals surface area contributed by atoms with Crippen molar-refractivity contribution in [2.45, 2.75) is 0 Å². The molecule has 0 atom stereocenters. The molecule has 0 radical (unpaired) electrons. The lowest BCUT2D eigenvalue weighted by Crippen LogP contribution is -1.98. The van der Waals surface area contributed by atoms with Gasteiger partial charge in [-0.2, -0.15) is 0 Å². The molecular formula is C11H6Cl3FN2O2S. The molecule has 0 aliphatic carbocycles. The van der Waals surface area contributed by atoms with E-state index in [9.17, 15) is 9.18 Å². The Morgan fingerprint density at radius 1 is 1.35 bits per heavy atom. The van der Waals surface area contributed by atoms with Gasteiger partial charge in [0, 0.05) is 5.69 Å². The summed E-state index contributed by atoms with van der Waals surface area (Å²) in [5, 5.41) is 2.92. The molecule has 20 heavy (non-hydrogen) atoms. The highest BCUT2D eigenvalue weighted by Crippen LogP contribution is 2.32. The Labute approximate surface area is 132 Å². The van der Waals surface area contributed by atoms with E-state index in [-0.39, 0.29) is 20.1 Å². The number of thiazole rings is 1. The number of halogens is 4. The van der Waals surface area contributed by atoms with Crippen LogP contribution in [0.15, 0.2) is 12.1 Å². The van der Waals surface area contributed by atoms with Crippen molar-refractivity contribution >= 4 is 62.9 Å². The number of nitrogens with one attached hydrogen (secondary N) is 1. The average Bonchev–Trinajstić information content (AvgIpc) is 2.75. The van der Waals surface area contributed by atoms with Crippen LogP contribution in [-0.4, -0.2) is 18.1 Å². The normalized spacial score (nSPS) is 10.4. The Balaban J connectivity index is 2.29. The molecular weight excluding hydrogens is 350 g/mol. The fourth-order valence-corrected chi connectivity index (χ4v) is 2.94. The molecule has 1 N–H and O–H groups in total. The van der Waals surface area contributed by atoms with E-state index in [1.54, 1.807) is 0 Å². The molecule has 2 rings (SSSR count). The van der Waals surface area contributed by atoms with Crippen LogP contribution in [-0.2, 0) is 4.74 Å². The van der Waals surface area contributed by atoms with Gasteiger partial charge in [0.1, 0.15) is 0 Å². The zero-order chi connectivity index (χ0) is 14.9. The van der Waals surface area contributed by atoms with E-state index in [0.29, 0.717) is 10.8 Å². The summed E-state index contributed by atoms with van der Waals surface area (Å²) in [6.07, 6.45) is 0. The third-order valence-corrected chi connectivity index (χ3v) is 4.08. The molecule has 0 fully saturated rings. The monoisotopic (exact) mass is 354 g/mol. The smallest absolute Gasteiger partial charge is 0.351 e. The standard InChI is InChI=1S/C11H6Cl3FN2O2S/c1-19-10(18)8-9(14)17-11(20-8)16-4-2-5(12)7(15)6(13)3-4/h2-3H,1H3,(H,16,17). The second kappa shape index (κ2) is 6.13. The van der Waals surface area contributed by atoms with Gasteiger partial charge in [0.05, 0.1) is 17.2 Å². The van der Waals surface area contributed by atoms with Crippen molar-refractivity contribution in [2.24, 2.45) is 0 Å². The highest BCUT2D eigenvalue weighted by Gasteiger charge is 2.18. The van der Waals surface area contributed by atoms with Crippen LogP contribution in [0.4, 0.5) is 15.2 Å². The molecule has 0 unspecified atom stereocenters. The Morgan fingerprint density at radius 3 is 2.50 bits per heavy atom. The molecule has 1 heterocycles. The van der Waals surface area contributed by atoms with Gasteiger partial charge >= 0.3 is 5.97 Å². The van der Waals surface area contributed by atoms with Crippen molar-refractivity contribution in [3.05, 3.63) is 38.0 Å². The third-order valence-electron chi connectivity index (χ3n) is 2.19. The van der Waals surface area contributed by atoms with Crippen molar-refractivity contribution in [2.75, 3.05) is 12.4 Å². The summed E-state index contributed by atoms with van der Waals surface area (Å²) in [6.45, 7) is 0. The minimum absolute atomic E-state index is 0.0173. The number of carbonyl (C=O) groups is 1. The van der Waals surface area contributed by atoms with Gasteiger partial charge in [-0.3, -0.25) is 0 Å². The summed E-state index contributed by atoms with van der Waals surface area (Å²) in [5.74, 6) is -1.29. The highest BCUT2D eigenvalue weighted by atomic mass is 35.5. The molecule has 0 spiro atoms. The van der Waals surface area contributed by atoms with Gasteiger partial charge < -0.3 is 10.1 Å². The predicted molar refractivity (Wildman–Crippen MR) is 78.2 cm³/mol. The lowest BCUT2D eigenvalue weighted by molar-refractivity contribution is 0.0606. The SMILES string of the molecule is COC(=O)c1sc(Nc2cc(Cl)c(F)c(Cl)c2)nc1Cl. The van der Waals surface area contributed by atoms with Gasteiger partial charge in [0.15, 0.2) is 21.0 Å². The van der Waals surface area contributed by atoms with Gasteiger partial charge in [-0.05, 0) is 12.1 Å². The van der Waals surface area contributed by atoms with E-state index in [0.717, 1.165) is 11.3 Å². The van der Waals surface area contributed by atoms with E-state index in [2.05, 4.69) is 15.0 Å². The van der Waals surface area contributed by atoms with Gasteiger partial charge in [0.25, 0.3) is 0 Å². The Bertz CT molecular complexity index is 655. The summed E-state index contributed by atoms with van der Waals surface area (Å²) in [5.41, 5.74) is 0.420. The minimum Gasteiger partial charge on any atom is -0.465 e. The van der Waals surface area contributed by atoms with Crippen LogP contribution < -0.4 is 5.32 Å². The van der Waals surface area contributed by atoms with E-state index in [4.69, 9.17) is 34.8 Å². The predicted octanol–water partition coefficient (Wildman–Crippen LogP) is 4.77. The van der Waals surface area contributed by atoms with Crippen LogP contribution in [0.5, 0.6) is 0 Å². The number of hydrogen-bond donors (Lipinski definition) is 1. The first-order valence-electron chi connectivity index (χ1n) is 5.08. The molecule has 0 bridgehead atoms. The minimum atomic E-state index is -0.702. The molecule has 9 heteroatoms. The fourth-order valence-electron chi connectivity index (χ4n) is 1.32. The average molecular weight is 356 g/mol. The second-order valence-electron chi connectivity index (χ2n) is 3.51. The Hall–Kier alpha value is -1.08. The topological polar surface area (TPSA) is 51.2 Å². The molecule has 4 nitrogen and oxygen atoms in total. The molecule has 0 aliphatic heterocycles. The molecule has 2 aromatic rings. The molecule has 0 saturated heterocycles. The van der Waals surface area contributed by atoms with Crippen molar-refractivity contribution in [3.8, 4) is 0 Å². The number of ether oxygens (including phenoxy) is 1. The molecule has 0 aliphatic rings. The number of rotatable bonds is 3. The highest BCUT2D eigenvalue weighted by molar-refractivity contribution is 7.18. The summed E-state index contributed by atoms with van der Waals surface area (Å²) >= 11 is 18.2. The van der Waals surface area contributed by atoms with Crippen molar-refractivity contribution in [1.82, 2.24) is 4.98 Å². The van der Waals surface area contributed by atoms with E-state index >= 15 is 0 Å². The maximum absolute atomic E-state index is 13.3. The summed E-state index contributed by atoms with van der Waals surface area (Å²) < 4.78 is 17.8. The maximum atomic E-state index is 13.3. The maximum Gasteiger partial charge on any atom is 0.351 e. The van der Waals surface area contributed by atoms with Crippen molar-refractivity contribution in [1.29, 1.82) is 0 Å². The zero-order valence-electron chi connectivity index (χ0n) is 9.84. The van der Waals surface area contributed by atoms with E-state index < -0.39 is 11.8 Å². The number of esters is 1. The van der Waals surface area contributed by atoms with Gasteiger partial charge in [-0.15, -0.1) is 0 Å². The first-order chi connectivity index (χ1) is 9.42. The first kappa shape index (κ1) is 15.3. The van der Waals surface area contributed by atoms with Crippen LogP contribution in [0, 0.1) is 5.82 Å². The lowest BCUT2D eigenvalue weighted by Gasteiger charge is -2.05. The molecule has 1 aromatic carbocycles. The number of aromatic nitrogens is 1. The number of methoxy groups -OCH3 is 1. The Morgan fingerprint density at radius 2 is 1.95 bits per heavy atom. The molecule has 106 valence electrons. The van der Waals surface area contributed by atoms with Crippen LogP contribution in [0.1, 0.15) is 9.67 Å². The van der Waals surface area contributed by atoms with Crippen molar-refractivity contribution in [3.63, 3.8) is 0 Å². The summed E-state index contributed by atoms with van der Waals surface area (Å²) in [6, 6.07) is 2.69. The van der Waals surface area contributed by atoms with E-state index in [1.807, 2.05) is 0 Å². The summed E-state index contributed by atoms with van der Waals surface area (Å²) in [7, 11) is 1.24. The zero-order valence-corrected chi connectivity index (χ0v) is 12.9. The molecule has 1 aromatic heterocycles. The van der Waals surface area contributed by atoms with Gasteiger partial charge in [-0.1, -0.05) is 46.1 Å². The Kier molecular flexibility index (Phi) is 4.70. The second-order valence-corrected chi connectivity index (χ2v) is 5.68. The number of benzene rings is 1. The van der Waals surface area contributed by atoms with Crippen LogP contribution in [0.25, 0.3) is 0 Å². The van der Waals surface area contributed by atoms with Crippen molar-refractivity contribution < 1.29 is 13.9 Å². The van der Waals surface area contributed by atoms with Gasteiger partial charge in [0.2, 0.25) is 0 Å². The number of hydrogen-bond acceptors (Lipinski definition) is 5. The number of carbonyl (C=O) groups excluding carboxylic acids is 1. The van der Waals surface area contributed by atoms with Crippen LogP contribution in [0.2, 0.25) is 15.2 Å². The quantitative estimate of drug-likeness (QED) is 0.636. The number of nitrogens with zero attached hydrogens (tertiary/aromatic N) is 1. The van der Waals surface area contributed by atoms with Crippen LogP contribution in [0.3, 0.4) is 0 Å². The lowest BCUT2D eigenvalue weighted by atomic mass is 10.3. The number of anilines is 2.